The van der Waals surface area contributed by atoms with E-state index in [1.165, 1.54) is 0 Å². The minimum Gasteiger partial charge on any atom is -0.356 e. The normalized spacial score (nSPS) is 19.7. The number of carbonyl (C=O) groups is 2. The van der Waals surface area contributed by atoms with E-state index >= 15 is 0 Å². The van der Waals surface area contributed by atoms with Gasteiger partial charge < -0.3 is 14.8 Å². The second-order valence-corrected chi connectivity index (χ2v) is 10.7. The van der Waals surface area contributed by atoms with E-state index in [4.69, 9.17) is 23.2 Å². The maximum Gasteiger partial charge on any atom is 0.246 e. The number of hydrogen-bond donors (Lipinski definition) is 1. The standard InChI is InChI=1S/C27H20BrCl2N3O2/c28-17-5-3-4-15(10-17)26-25-20(19-6-1-2-7-22(19)31-25)12-23-27(35)32(14-24(34)33(23)26)13-16-8-9-18(29)11-21(16)30/h1-11,23,26,31H,12-14H2/t23-,26?/m0/s1. The maximum absolute atomic E-state index is 13.8. The third-order valence-corrected chi connectivity index (χ3v) is 7.96. The Balaban J connectivity index is 1.45. The highest BCUT2D eigenvalue weighted by molar-refractivity contribution is 9.10. The van der Waals surface area contributed by atoms with Crippen LogP contribution in [0.3, 0.4) is 0 Å². The summed E-state index contributed by atoms with van der Waals surface area (Å²) in [5, 5.41) is 2.09. The Kier molecular flexibility index (Phi) is 5.63. The molecule has 6 rings (SSSR count). The van der Waals surface area contributed by atoms with Crippen LogP contribution in [0.2, 0.25) is 10.0 Å². The van der Waals surface area contributed by atoms with Gasteiger partial charge in [0.15, 0.2) is 0 Å². The van der Waals surface area contributed by atoms with Gasteiger partial charge in [0.1, 0.15) is 12.6 Å². The summed E-state index contributed by atoms with van der Waals surface area (Å²) in [5.74, 6) is -0.166. The number of benzene rings is 3. The van der Waals surface area contributed by atoms with Crippen molar-refractivity contribution in [3.63, 3.8) is 0 Å². The van der Waals surface area contributed by atoms with Gasteiger partial charge in [0.2, 0.25) is 11.8 Å². The van der Waals surface area contributed by atoms with Crippen LogP contribution in [0, 0.1) is 0 Å². The van der Waals surface area contributed by atoms with Crippen LogP contribution < -0.4 is 0 Å². The highest BCUT2D eigenvalue weighted by Crippen LogP contribution is 2.43. The van der Waals surface area contributed by atoms with Gasteiger partial charge in [-0.1, -0.05) is 75.5 Å². The van der Waals surface area contributed by atoms with Crippen molar-refractivity contribution in [2.24, 2.45) is 0 Å². The average molecular weight is 569 g/mol. The SMILES string of the molecule is O=C1[C@@H]2Cc3c([nH]c4ccccc34)C(c3cccc(Br)c3)N2C(=O)CN1Cc1ccc(Cl)cc1Cl. The summed E-state index contributed by atoms with van der Waals surface area (Å²) < 4.78 is 0.921. The molecule has 3 heterocycles. The van der Waals surface area contributed by atoms with Crippen molar-refractivity contribution in [2.45, 2.75) is 25.0 Å². The van der Waals surface area contributed by atoms with Crippen molar-refractivity contribution in [3.05, 3.63) is 104 Å². The Labute approximate surface area is 220 Å². The van der Waals surface area contributed by atoms with Gasteiger partial charge in [0.25, 0.3) is 0 Å². The fourth-order valence-corrected chi connectivity index (χ4v) is 6.22. The molecule has 0 radical (unpaired) electrons. The van der Waals surface area contributed by atoms with Gasteiger partial charge in [0.05, 0.1) is 6.04 Å². The van der Waals surface area contributed by atoms with E-state index in [0.717, 1.165) is 37.8 Å². The van der Waals surface area contributed by atoms with Crippen molar-refractivity contribution in [2.75, 3.05) is 6.54 Å². The second-order valence-electron chi connectivity index (χ2n) is 8.97. The third kappa shape index (κ3) is 3.84. The first-order valence-electron chi connectivity index (χ1n) is 11.3. The number of halogens is 3. The van der Waals surface area contributed by atoms with Crippen LogP contribution in [0.4, 0.5) is 0 Å². The van der Waals surface area contributed by atoms with Gasteiger partial charge in [-0.2, -0.15) is 0 Å². The zero-order valence-electron chi connectivity index (χ0n) is 18.5. The summed E-state index contributed by atoms with van der Waals surface area (Å²) in [4.78, 5) is 34.4. The first kappa shape index (κ1) is 22.7. The molecular formula is C27H20BrCl2N3O2. The number of piperazine rings is 1. The van der Waals surface area contributed by atoms with Crippen LogP contribution in [-0.2, 0) is 22.6 Å². The summed E-state index contributed by atoms with van der Waals surface area (Å²) in [6.07, 6.45) is 0.458. The zero-order valence-corrected chi connectivity index (χ0v) is 21.6. The molecule has 0 aliphatic carbocycles. The molecule has 1 N–H and O–H groups in total. The molecule has 0 saturated carbocycles. The number of hydrogen-bond acceptors (Lipinski definition) is 2. The number of nitrogens with one attached hydrogen (secondary N) is 1. The molecule has 1 fully saturated rings. The smallest absolute Gasteiger partial charge is 0.246 e. The number of carbonyl (C=O) groups excluding carboxylic acids is 2. The van der Waals surface area contributed by atoms with E-state index in [9.17, 15) is 9.59 Å². The number of rotatable bonds is 3. The van der Waals surface area contributed by atoms with Crippen molar-refractivity contribution in [1.29, 1.82) is 0 Å². The molecule has 2 aliphatic rings. The monoisotopic (exact) mass is 567 g/mol. The highest BCUT2D eigenvalue weighted by Gasteiger charge is 2.48. The lowest BCUT2D eigenvalue weighted by molar-refractivity contribution is -0.159. The first-order chi connectivity index (χ1) is 16.9. The number of aromatic nitrogens is 1. The van der Waals surface area contributed by atoms with Crippen molar-refractivity contribution in [3.8, 4) is 0 Å². The van der Waals surface area contributed by atoms with Gasteiger partial charge >= 0.3 is 0 Å². The molecule has 4 aromatic rings. The molecule has 176 valence electrons. The van der Waals surface area contributed by atoms with Crippen molar-refractivity contribution in [1.82, 2.24) is 14.8 Å². The van der Waals surface area contributed by atoms with Crippen LogP contribution in [0.25, 0.3) is 10.9 Å². The van der Waals surface area contributed by atoms with Gasteiger partial charge in [0, 0.05) is 44.1 Å². The van der Waals surface area contributed by atoms with Gasteiger partial charge in [-0.25, -0.2) is 0 Å². The lowest BCUT2D eigenvalue weighted by Gasteiger charge is -2.47. The van der Waals surface area contributed by atoms with Crippen molar-refractivity contribution < 1.29 is 9.59 Å². The summed E-state index contributed by atoms with van der Waals surface area (Å²) in [5.41, 5.74) is 4.77. The van der Waals surface area contributed by atoms with E-state index in [0.29, 0.717) is 16.5 Å². The van der Waals surface area contributed by atoms with Crippen LogP contribution in [0.15, 0.2) is 71.2 Å². The molecular weight excluding hydrogens is 549 g/mol. The fraction of sp³-hybridized carbons (Fsp3) is 0.185. The Morgan fingerprint density at radius 2 is 1.83 bits per heavy atom. The molecule has 0 bridgehead atoms. The topological polar surface area (TPSA) is 56.4 Å². The molecule has 8 heteroatoms. The quantitative estimate of drug-likeness (QED) is 0.323. The number of nitrogens with zero attached hydrogens (tertiary/aromatic N) is 2. The van der Waals surface area contributed by atoms with Gasteiger partial charge in [-0.15, -0.1) is 0 Å². The highest BCUT2D eigenvalue weighted by atomic mass is 79.9. The van der Waals surface area contributed by atoms with E-state index in [2.05, 4.69) is 27.0 Å². The number of para-hydroxylation sites is 1. The Morgan fingerprint density at radius 1 is 1.00 bits per heavy atom. The summed E-state index contributed by atoms with van der Waals surface area (Å²) in [6, 6.07) is 20.2. The molecule has 2 amide bonds. The minimum atomic E-state index is -0.599. The van der Waals surface area contributed by atoms with E-state index in [-0.39, 0.29) is 30.9 Å². The van der Waals surface area contributed by atoms with Crippen molar-refractivity contribution >= 4 is 61.8 Å². The number of fused-ring (bicyclic) bond motifs is 4. The molecule has 0 spiro atoms. The lowest BCUT2D eigenvalue weighted by atomic mass is 9.86. The predicted molar refractivity (Wildman–Crippen MR) is 141 cm³/mol. The number of H-pyrrole nitrogens is 1. The van der Waals surface area contributed by atoms with Crippen LogP contribution in [-0.4, -0.2) is 39.2 Å². The van der Waals surface area contributed by atoms with E-state index in [1.807, 2.05) is 42.5 Å². The number of amides is 2. The molecule has 2 atom stereocenters. The van der Waals surface area contributed by atoms with E-state index < -0.39 is 6.04 Å². The largest absolute Gasteiger partial charge is 0.356 e. The molecule has 5 nitrogen and oxygen atoms in total. The maximum atomic E-state index is 13.8. The van der Waals surface area contributed by atoms with E-state index in [1.54, 1.807) is 28.0 Å². The Hall–Kier alpha value is -2.80. The zero-order chi connectivity index (χ0) is 24.3. The molecule has 1 aromatic heterocycles. The van der Waals surface area contributed by atoms with Crippen LogP contribution in [0.5, 0.6) is 0 Å². The predicted octanol–water partition coefficient (Wildman–Crippen LogP) is 6.12. The first-order valence-corrected chi connectivity index (χ1v) is 12.8. The van der Waals surface area contributed by atoms with Crippen LogP contribution in [0.1, 0.15) is 28.4 Å². The van der Waals surface area contributed by atoms with Gasteiger partial charge in [-0.05, 0) is 47.0 Å². The molecule has 35 heavy (non-hydrogen) atoms. The Morgan fingerprint density at radius 3 is 2.63 bits per heavy atom. The van der Waals surface area contributed by atoms with Gasteiger partial charge in [-0.3, -0.25) is 9.59 Å². The summed E-state index contributed by atoms with van der Waals surface area (Å²) in [7, 11) is 0. The third-order valence-electron chi connectivity index (χ3n) is 6.88. The molecule has 2 aliphatic heterocycles. The lowest BCUT2D eigenvalue weighted by Crippen LogP contribution is -2.62. The number of aromatic amines is 1. The molecule has 1 unspecified atom stereocenters. The minimum absolute atomic E-state index is 0.00560. The fourth-order valence-electron chi connectivity index (χ4n) is 5.34. The molecule has 1 saturated heterocycles. The second kappa shape index (κ2) is 8.70. The summed E-state index contributed by atoms with van der Waals surface area (Å²) >= 11 is 16.0. The molecule has 3 aromatic carbocycles. The Bertz CT molecular complexity index is 1500. The summed E-state index contributed by atoms with van der Waals surface area (Å²) in [6.45, 7) is 0.252. The van der Waals surface area contributed by atoms with Crippen LogP contribution >= 0.6 is 39.1 Å². The average Bonchev–Trinajstić information content (AvgIpc) is 3.21.